The molecule has 1 nitrogen and oxygen atoms in total. The molecule has 0 atom stereocenters. The molecular formula is C17H15ClO. The number of benzene rings is 2. The van der Waals surface area contributed by atoms with Gasteiger partial charge in [-0.1, -0.05) is 48.0 Å². The van der Waals surface area contributed by atoms with Gasteiger partial charge in [0, 0.05) is 10.6 Å². The number of carbonyl (C=O) groups is 1. The van der Waals surface area contributed by atoms with Gasteiger partial charge in [-0.2, -0.15) is 0 Å². The first kappa shape index (κ1) is 13.6. The maximum Gasteiger partial charge on any atom is 0.186 e. The molecule has 0 saturated carbocycles. The van der Waals surface area contributed by atoms with Gasteiger partial charge in [0.25, 0.3) is 0 Å². The molecule has 2 aromatic rings. The number of halogens is 1. The van der Waals surface area contributed by atoms with Gasteiger partial charge in [0.2, 0.25) is 0 Å². The van der Waals surface area contributed by atoms with E-state index in [1.54, 1.807) is 12.2 Å². The number of rotatable bonds is 3. The summed E-state index contributed by atoms with van der Waals surface area (Å²) in [5, 5.41) is 0.668. The minimum absolute atomic E-state index is 0.0237. The topological polar surface area (TPSA) is 17.1 Å². The minimum Gasteiger partial charge on any atom is -0.289 e. The maximum absolute atomic E-state index is 12.2. The Labute approximate surface area is 118 Å². The van der Waals surface area contributed by atoms with E-state index in [4.69, 9.17) is 11.6 Å². The molecule has 2 heteroatoms. The van der Waals surface area contributed by atoms with Crippen LogP contribution in [0, 0.1) is 13.8 Å². The molecule has 0 amide bonds. The highest BCUT2D eigenvalue weighted by molar-refractivity contribution is 6.30. The fraction of sp³-hybridized carbons (Fsp3) is 0.118. The van der Waals surface area contributed by atoms with Crippen molar-refractivity contribution in [3.63, 3.8) is 0 Å². The lowest BCUT2D eigenvalue weighted by atomic mass is 9.98. The van der Waals surface area contributed by atoms with Crippen molar-refractivity contribution < 1.29 is 4.79 Å². The Kier molecular flexibility index (Phi) is 4.18. The summed E-state index contributed by atoms with van der Waals surface area (Å²) in [7, 11) is 0. The third kappa shape index (κ3) is 3.33. The lowest BCUT2D eigenvalue weighted by Crippen LogP contribution is -2.00. The Hall–Kier alpha value is -1.86. The predicted octanol–water partition coefficient (Wildman–Crippen LogP) is 4.85. The first-order valence-corrected chi connectivity index (χ1v) is 6.50. The van der Waals surface area contributed by atoms with Gasteiger partial charge in [0.15, 0.2) is 5.78 Å². The largest absolute Gasteiger partial charge is 0.289 e. The van der Waals surface area contributed by atoms with Crippen molar-refractivity contribution in [2.24, 2.45) is 0 Å². The van der Waals surface area contributed by atoms with Crippen molar-refractivity contribution in [1.82, 2.24) is 0 Å². The molecule has 0 bridgehead atoms. The number of ketones is 1. The fourth-order valence-electron chi connectivity index (χ4n) is 2.07. The van der Waals surface area contributed by atoms with E-state index in [-0.39, 0.29) is 5.78 Å². The van der Waals surface area contributed by atoms with E-state index < -0.39 is 0 Å². The van der Waals surface area contributed by atoms with Gasteiger partial charge in [-0.3, -0.25) is 4.79 Å². The van der Waals surface area contributed by atoms with E-state index in [2.05, 4.69) is 0 Å². The SMILES string of the molecule is Cc1cccc(C)c1C(=O)C=Cc1cccc(Cl)c1. The summed E-state index contributed by atoms with van der Waals surface area (Å²) in [4.78, 5) is 12.2. The molecule has 0 fully saturated rings. The summed E-state index contributed by atoms with van der Waals surface area (Å²) in [5.74, 6) is 0.0237. The van der Waals surface area contributed by atoms with Crippen LogP contribution in [-0.2, 0) is 0 Å². The Balaban J connectivity index is 2.27. The summed E-state index contributed by atoms with van der Waals surface area (Å²) in [5.41, 5.74) is 3.70. The molecule has 0 aliphatic heterocycles. The van der Waals surface area contributed by atoms with Crippen LogP contribution in [0.4, 0.5) is 0 Å². The molecule has 0 aromatic heterocycles. The zero-order valence-electron chi connectivity index (χ0n) is 11.0. The zero-order chi connectivity index (χ0) is 13.8. The highest BCUT2D eigenvalue weighted by atomic mass is 35.5. The Morgan fingerprint density at radius 3 is 2.32 bits per heavy atom. The molecule has 0 radical (unpaired) electrons. The minimum atomic E-state index is 0.0237. The molecule has 0 aliphatic rings. The molecule has 0 heterocycles. The molecule has 96 valence electrons. The Morgan fingerprint density at radius 1 is 1.05 bits per heavy atom. The Bertz CT molecular complexity index is 621. The fourth-order valence-corrected chi connectivity index (χ4v) is 2.27. The van der Waals surface area contributed by atoms with E-state index in [9.17, 15) is 4.79 Å². The number of hydrogen-bond donors (Lipinski definition) is 0. The van der Waals surface area contributed by atoms with Crippen LogP contribution in [0.3, 0.4) is 0 Å². The summed E-state index contributed by atoms with van der Waals surface area (Å²) >= 11 is 5.91. The second-order valence-corrected chi connectivity index (χ2v) is 4.96. The van der Waals surface area contributed by atoms with Crippen LogP contribution >= 0.6 is 11.6 Å². The van der Waals surface area contributed by atoms with E-state index >= 15 is 0 Å². The van der Waals surface area contributed by atoms with Crippen LogP contribution in [0.2, 0.25) is 5.02 Å². The molecule has 2 rings (SSSR count). The summed E-state index contributed by atoms with van der Waals surface area (Å²) in [6.07, 6.45) is 3.39. The highest BCUT2D eigenvalue weighted by Crippen LogP contribution is 2.16. The number of carbonyl (C=O) groups excluding carboxylic acids is 1. The van der Waals surface area contributed by atoms with E-state index in [0.29, 0.717) is 5.02 Å². The average molecular weight is 271 g/mol. The van der Waals surface area contributed by atoms with Crippen LogP contribution in [0.15, 0.2) is 48.5 Å². The first-order chi connectivity index (χ1) is 9.08. The van der Waals surface area contributed by atoms with Crippen molar-refractivity contribution in [3.8, 4) is 0 Å². The lowest BCUT2D eigenvalue weighted by Gasteiger charge is -2.05. The van der Waals surface area contributed by atoms with Gasteiger partial charge in [-0.05, 0) is 48.7 Å². The van der Waals surface area contributed by atoms with Gasteiger partial charge in [0.05, 0.1) is 0 Å². The standard InChI is InChI=1S/C17H15ClO/c1-12-5-3-6-13(2)17(12)16(19)10-9-14-7-4-8-15(18)11-14/h3-11H,1-2H3. The van der Waals surface area contributed by atoms with Crippen LogP contribution in [0.1, 0.15) is 27.0 Å². The van der Waals surface area contributed by atoms with Crippen LogP contribution in [0.25, 0.3) is 6.08 Å². The zero-order valence-corrected chi connectivity index (χ0v) is 11.7. The van der Waals surface area contributed by atoms with Crippen molar-refractivity contribution in [3.05, 3.63) is 75.8 Å². The van der Waals surface area contributed by atoms with E-state index in [1.807, 2.05) is 56.3 Å². The first-order valence-electron chi connectivity index (χ1n) is 6.12. The molecule has 0 aliphatic carbocycles. The van der Waals surface area contributed by atoms with Crippen molar-refractivity contribution in [2.75, 3.05) is 0 Å². The predicted molar refractivity (Wildman–Crippen MR) is 80.7 cm³/mol. The van der Waals surface area contributed by atoms with Gasteiger partial charge >= 0.3 is 0 Å². The molecular weight excluding hydrogens is 256 g/mol. The van der Waals surface area contributed by atoms with E-state index in [0.717, 1.165) is 22.3 Å². The molecule has 0 spiro atoms. The van der Waals surface area contributed by atoms with Gasteiger partial charge in [-0.25, -0.2) is 0 Å². The third-order valence-electron chi connectivity index (χ3n) is 3.00. The molecule has 0 unspecified atom stereocenters. The third-order valence-corrected chi connectivity index (χ3v) is 3.24. The number of allylic oxidation sites excluding steroid dienone is 1. The number of hydrogen-bond acceptors (Lipinski definition) is 1. The summed E-state index contributed by atoms with van der Waals surface area (Å²) < 4.78 is 0. The van der Waals surface area contributed by atoms with Gasteiger partial charge in [-0.15, -0.1) is 0 Å². The quantitative estimate of drug-likeness (QED) is 0.575. The van der Waals surface area contributed by atoms with Crippen molar-refractivity contribution in [2.45, 2.75) is 13.8 Å². The lowest BCUT2D eigenvalue weighted by molar-refractivity contribution is 0.104. The van der Waals surface area contributed by atoms with Gasteiger partial charge in [0.1, 0.15) is 0 Å². The maximum atomic E-state index is 12.2. The molecule has 2 aromatic carbocycles. The van der Waals surface area contributed by atoms with Crippen molar-refractivity contribution in [1.29, 1.82) is 0 Å². The second-order valence-electron chi connectivity index (χ2n) is 4.52. The molecule has 0 N–H and O–H groups in total. The molecule has 19 heavy (non-hydrogen) atoms. The number of aryl methyl sites for hydroxylation is 2. The van der Waals surface area contributed by atoms with Gasteiger partial charge < -0.3 is 0 Å². The summed E-state index contributed by atoms with van der Waals surface area (Å²) in [6.45, 7) is 3.90. The summed E-state index contributed by atoms with van der Waals surface area (Å²) in [6, 6.07) is 13.3. The van der Waals surface area contributed by atoms with Crippen LogP contribution in [0.5, 0.6) is 0 Å². The highest BCUT2D eigenvalue weighted by Gasteiger charge is 2.08. The van der Waals surface area contributed by atoms with E-state index in [1.165, 1.54) is 0 Å². The monoisotopic (exact) mass is 270 g/mol. The van der Waals surface area contributed by atoms with Crippen molar-refractivity contribution >= 4 is 23.5 Å². The van der Waals surface area contributed by atoms with Crippen LogP contribution in [-0.4, -0.2) is 5.78 Å². The molecule has 0 saturated heterocycles. The smallest absolute Gasteiger partial charge is 0.186 e. The Morgan fingerprint density at radius 2 is 1.68 bits per heavy atom. The average Bonchev–Trinajstić information content (AvgIpc) is 2.36. The van der Waals surface area contributed by atoms with Crippen LogP contribution < -0.4 is 0 Å². The normalized spacial score (nSPS) is 10.9. The second kappa shape index (κ2) is 5.85.